The maximum Gasteiger partial charge on any atom is 0.0595 e. The standard InChI is InChI=1S/C13H9Cl3IN/c14-9-3-1-7(5-10(9)15)13(18)8-2-4-12(17)11(16)6-8/h1-6,13H,18H2. The van der Waals surface area contributed by atoms with Crippen molar-refractivity contribution in [2.45, 2.75) is 6.04 Å². The maximum atomic E-state index is 6.19. The molecule has 2 aromatic carbocycles. The van der Waals surface area contributed by atoms with Gasteiger partial charge in [-0.05, 0) is 58.0 Å². The number of hydrogen-bond donors (Lipinski definition) is 1. The molecule has 0 saturated carbocycles. The summed E-state index contributed by atoms with van der Waals surface area (Å²) in [6.45, 7) is 0. The molecule has 2 N–H and O–H groups in total. The fourth-order valence-electron chi connectivity index (χ4n) is 1.60. The molecule has 0 saturated heterocycles. The number of nitrogens with two attached hydrogens (primary N) is 1. The highest BCUT2D eigenvalue weighted by Crippen LogP contribution is 2.29. The Morgan fingerprint density at radius 3 is 1.94 bits per heavy atom. The summed E-state index contributed by atoms with van der Waals surface area (Å²) in [6.07, 6.45) is 0. The molecular formula is C13H9Cl3IN. The molecule has 18 heavy (non-hydrogen) atoms. The molecule has 2 rings (SSSR count). The summed E-state index contributed by atoms with van der Waals surface area (Å²) in [6, 6.07) is 10.9. The van der Waals surface area contributed by atoms with E-state index in [4.69, 9.17) is 40.5 Å². The molecule has 0 amide bonds. The number of benzene rings is 2. The molecule has 0 fully saturated rings. The van der Waals surface area contributed by atoms with Crippen molar-refractivity contribution < 1.29 is 0 Å². The predicted molar refractivity (Wildman–Crippen MR) is 86.7 cm³/mol. The summed E-state index contributed by atoms with van der Waals surface area (Å²) < 4.78 is 0.999. The van der Waals surface area contributed by atoms with Crippen LogP contribution in [0.4, 0.5) is 0 Å². The summed E-state index contributed by atoms with van der Waals surface area (Å²) in [5.41, 5.74) is 8.04. The number of rotatable bonds is 2. The van der Waals surface area contributed by atoms with Crippen LogP contribution in [-0.4, -0.2) is 0 Å². The van der Waals surface area contributed by atoms with E-state index in [0.29, 0.717) is 15.1 Å². The van der Waals surface area contributed by atoms with Gasteiger partial charge in [-0.1, -0.05) is 46.9 Å². The fourth-order valence-corrected chi connectivity index (χ4v) is 2.44. The van der Waals surface area contributed by atoms with Gasteiger partial charge < -0.3 is 5.73 Å². The van der Waals surface area contributed by atoms with Gasteiger partial charge >= 0.3 is 0 Å². The second kappa shape index (κ2) is 5.97. The van der Waals surface area contributed by atoms with Crippen molar-refractivity contribution in [3.8, 4) is 0 Å². The Bertz CT molecular complexity index is 535. The second-order valence-corrected chi connectivity index (χ2v) is 6.21. The summed E-state index contributed by atoms with van der Waals surface area (Å²) in [4.78, 5) is 0. The van der Waals surface area contributed by atoms with Crippen LogP contribution >= 0.6 is 57.4 Å². The van der Waals surface area contributed by atoms with Gasteiger partial charge in [0.25, 0.3) is 0 Å². The minimum absolute atomic E-state index is 0.269. The van der Waals surface area contributed by atoms with Crippen LogP contribution in [-0.2, 0) is 0 Å². The van der Waals surface area contributed by atoms with Crippen molar-refractivity contribution in [1.29, 1.82) is 0 Å². The first-order valence-corrected chi connectivity index (χ1v) is 7.36. The van der Waals surface area contributed by atoms with Crippen LogP contribution in [0.15, 0.2) is 36.4 Å². The molecule has 94 valence electrons. The lowest BCUT2D eigenvalue weighted by molar-refractivity contribution is 0.871. The summed E-state index contributed by atoms with van der Waals surface area (Å²) in [5.74, 6) is 0. The van der Waals surface area contributed by atoms with Crippen molar-refractivity contribution in [3.05, 3.63) is 66.2 Å². The van der Waals surface area contributed by atoms with Crippen LogP contribution in [0.2, 0.25) is 15.1 Å². The molecular weight excluding hydrogens is 403 g/mol. The Balaban J connectivity index is 2.37. The molecule has 0 aromatic heterocycles. The van der Waals surface area contributed by atoms with Gasteiger partial charge in [0, 0.05) is 3.57 Å². The molecule has 2 aromatic rings. The van der Waals surface area contributed by atoms with E-state index >= 15 is 0 Å². The SMILES string of the molecule is NC(c1ccc(Cl)c(Cl)c1)c1ccc(I)c(Cl)c1. The first-order valence-electron chi connectivity index (χ1n) is 5.14. The Kier molecular flexibility index (Phi) is 4.78. The summed E-state index contributed by atoms with van der Waals surface area (Å²) in [7, 11) is 0. The van der Waals surface area contributed by atoms with Crippen LogP contribution in [0, 0.1) is 3.57 Å². The smallest absolute Gasteiger partial charge is 0.0595 e. The highest BCUT2D eigenvalue weighted by atomic mass is 127. The lowest BCUT2D eigenvalue weighted by atomic mass is 10.00. The Morgan fingerprint density at radius 2 is 1.39 bits per heavy atom. The van der Waals surface area contributed by atoms with E-state index in [1.807, 2.05) is 24.3 Å². The second-order valence-electron chi connectivity index (χ2n) is 3.82. The molecule has 0 heterocycles. The molecule has 0 aliphatic rings. The van der Waals surface area contributed by atoms with Gasteiger partial charge in [0.2, 0.25) is 0 Å². The van der Waals surface area contributed by atoms with Crippen molar-refractivity contribution >= 4 is 57.4 Å². The van der Waals surface area contributed by atoms with Crippen molar-refractivity contribution in [1.82, 2.24) is 0 Å². The Hall–Kier alpha value is -0.000000000000000167. The normalized spacial score (nSPS) is 12.5. The third-order valence-electron chi connectivity index (χ3n) is 2.61. The van der Waals surface area contributed by atoms with Gasteiger partial charge in [0.05, 0.1) is 21.1 Å². The van der Waals surface area contributed by atoms with Crippen molar-refractivity contribution in [3.63, 3.8) is 0 Å². The van der Waals surface area contributed by atoms with Gasteiger partial charge in [-0.2, -0.15) is 0 Å². The van der Waals surface area contributed by atoms with E-state index in [9.17, 15) is 0 Å². The van der Waals surface area contributed by atoms with E-state index in [1.165, 1.54) is 0 Å². The molecule has 1 atom stereocenters. The van der Waals surface area contributed by atoms with Crippen LogP contribution in [0.3, 0.4) is 0 Å². The van der Waals surface area contributed by atoms with Crippen LogP contribution in [0.1, 0.15) is 17.2 Å². The molecule has 1 nitrogen and oxygen atoms in total. The average Bonchev–Trinajstić information content (AvgIpc) is 2.35. The predicted octanol–water partition coefficient (Wildman–Crippen LogP) is 5.30. The monoisotopic (exact) mass is 411 g/mol. The molecule has 5 heteroatoms. The van der Waals surface area contributed by atoms with Gasteiger partial charge in [0.15, 0.2) is 0 Å². The molecule has 0 bridgehead atoms. The first kappa shape index (κ1) is 14.4. The first-order chi connectivity index (χ1) is 8.49. The van der Waals surface area contributed by atoms with Crippen molar-refractivity contribution in [2.24, 2.45) is 5.73 Å². The Morgan fingerprint density at radius 1 is 0.833 bits per heavy atom. The van der Waals surface area contributed by atoms with E-state index < -0.39 is 0 Å². The highest BCUT2D eigenvalue weighted by Gasteiger charge is 2.11. The lowest BCUT2D eigenvalue weighted by Crippen LogP contribution is -2.11. The van der Waals surface area contributed by atoms with Crippen LogP contribution in [0.5, 0.6) is 0 Å². The van der Waals surface area contributed by atoms with Gasteiger partial charge in [-0.25, -0.2) is 0 Å². The molecule has 0 radical (unpaired) electrons. The highest BCUT2D eigenvalue weighted by molar-refractivity contribution is 14.1. The Labute approximate surface area is 134 Å². The molecule has 1 unspecified atom stereocenters. The quantitative estimate of drug-likeness (QED) is 0.666. The summed E-state index contributed by atoms with van der Waals surface area (Å²) in [5, 5.41) is 1.72. The third-order valence-corrected chi connectivity index (χ3v) is 4.92. The van der Waals surface area contributed by atoms with Crippen molar-refractivity contribution in [2.75, 3.05) is 0 Å². The van der Waals surface area contributed by atoms with E-state index in [2.05, 4.69) is 22.6 Å². The van der Waals surface area contributed by atoms with Crippen LogP contribution in [0.25, 0.3) is 0 Å². The van der Waals surface area contributed by atoms with E-state index in [1.54, 1.807) is 12.1 Å². The zero-order valence-corrected chi connectivity index (χ0v) is 13.6. The fraction of sp³-hybridized carbons (Fsp3) is 0.0769. The zero-order valence-electron chi connectivity index (χ0n) is 9.13. The number of halogens is 4. The zero-order chi connectivity index (χ0) is 13.3. The maximum absolute atomic E-state index is 6.19. The van der Waals surface area contributed by atoms with Gasteiger partial charge in [0.1, 0.15) is 0 Å². The lowest BCUT2D eigenvalue weighted by Gasteiger charge is -2.14. The van der Waals surface area contributed by atoms with E-state index in [0.717, 1.165) is 14.7 Å². The average molecular weight is 412 g/mol. The molecule has 0 aliphatic carbocycles. The van der Waals surface area contributed by atoms with E-state index in [-0.39, 0.29) is 6.04 Å². The van der Waals surface area contributed by atoms with Gasteiger partial charge in [-0.3, -0.25) is 0 Å². The molecule has 0 spiro atoms. The minimum atomic E-state index is -0.269. The molecule has 0 aliphatic heterocycles. The topological polar surface area (TPSA) is 26.0 Å². The van der Waals surface area contributed by atoms with Crippen LogP contribution < -0.4 is 5.73 Å². The third kappa shape index (κ3) is 3.11. The minimum Gasteiger partial charge on any atom is -0.320 e. The summed E-state index contributed by atoms with van der Waals surface area (Å²) >= 11 is 20.1. The largest absolute Gasteiger partial charge is 0.320 e. The van der Waals surface area contributed by atoms with Gasteiger partial charge in [-0.15, -0.1) is 0 Å². The number of hydrogen-bond acceptors (Lipinski definition) is 1.